The molecule has 0 bridgehead atoms. The van der Waals surface area contributed by atoms with Crippen molar-refractivity contribution in [1.29, 1.82) is 0 Å². The van der Waals surface area contributed by atoms with Crippen LogP contribution in [0, 0.1) is 5.92 Å². The Morgan fingerprint density at radius 2 is 1.92 bits per heavy atom. The van der Waals surface area contributed by atoms with E-state index in [1.807, 2.05) is 12.1 Å². The molecular formula is C20H24N2O3S. The third-order valence-electron chi connectivity index (χ3n) is 4.79. The number of aliphatic hydroxyl groups is 1. The second-order valence-corrected chi connectivity index (χ2v) is 8.38. The van der Waals surface area contributed by atoms with E-state index >= 15 is 0 Å². The van der Waals surface area contributed by atoms with Gasteiger partial charge in [-0.15, -0.1) is 0 Å². The van der Waals surface area contributed by atoms with E-state index in [2.05, 4.69) is 9.71 Å². The van der Waals surface area contributed by atoms with Crippen molar-refractivity contribution in [1.82, 2.24) is 9.71 Å². The molecule has 3 rings (SSSR count). The van der Waals surface area contributed by atoms with Crippen LogP contribution in [0.5, 0.6) is 0 Å². The van der Waals surface area contributed by atoms with Crippen molar-refractivity contribution >= 4 is 16.1 Å². The number of nitrogens with zero attached hydrogens (tertiary/aromatic N) is 1. The molecule has 0 aliphatic heterocycles. The van der Waals surface area contributed by atoms with Gasteiger partial charge in [-0.1, -0.05) is 37.1 Å². The van der Waals surface area contributed by atoms with E-state index in [0.29, 0.717) is 5.92 Å². The first-order valence-electron chi connectivity index (χ1n) is 8.88. The molecule has 2 N–H and O–H groups in total. The van der Waals surface area contributed by atoms with Gasteiger partial charge < -0.3 is 5.11 Å². The molecule has 0 atom stereocenters. The number of hydrogen-bond acceptors (Lipinski definition) is 4. The lowest BCUT2D eigenvalue weighted by atomic mass is 9.96. The summed E-state index contributed by atoms with van der Waals surface area (Å²) < 4.78 is 27.4. The number of sulfonamides is 1. The quantitative estimate of drug-likeness (QED) is 0.783. The van der Waals surface area contributed by atoms with Gasteiger partial charge in [0.2, 0.25) is 10.0 Å². The number of benzene rings is 1. The third-order valence-corrected chi connectivity index (χ3v) is 6.21. The van der Waals surface area contributed by atoms with E-state index in [4.69, 9.17) is 0 Å². The molecule has 26 heavy (non-hydrogen) atoms. The van der Waals surface area contributed by atoms with Gasteiger partial charge in [-0.25, -0.2) is 13.1 Å². The Bertz CT molecular complexity index is 840. The third kappa shape index (κ3) is 4.78. The molecule has 5 nitrogen and oxygen atoms in total. The average molecular weight is 372 g/mol. The van der Waals surface area contributed by atoms with E-state index in [-0.39, 0.29) is 18.0 Å². The Kier molecular flexibility index (Phi) is 6.19. The highest BCUT2D eigenvalue weighted by Crippen LogP contribution is 2.31. The predicted octanol–water partition coefficient (Wildman–Crippen LogP) is 3.13. The molecule has 0 saturated heterocycles. The highest BCUT2D eigenvalue weighted by Gasteiger charge is 2.19. The van der Waals surface area contributed by atoms with Crippen LogP contribution in [0.15, 0.2) is 59.3 Å². The standard InChI is InChI=1S/C20H24N2O3S/c23-15-19(18-5-1-2-6-18)12-16-7-9-20(10-8-16)26(24,25)22-14-17-4-3-11-21-13-17/h3-4,7-13,18,22-23H,1-2,5-6,14-15H2/b19-12-. The van der Waals surface area contributed by atoms with Crippen molar-refractivity contribution in [3.8, 4) is 0 Å². The summed E-state index contributed by atoms with van der Waals surface area (Å²) in [6.45, 7) is 0.256. The summed E-state index contributed by atoms with van der Waals surface area (Å²) in [7, 11) is -3.57. The van der Waals surface area contributed by atoms with Gasteiger partial charge in [0.1, 0.15) is 0 Å². The van der Waals surface area contributed by atoms with E-state index in [1.165, 1.54) is 12.8 Å². The monoisotopic (exact) mass is 372 g/mol. The summed E-state index contributed by atoms with van der Waals surface area (Å²) in [6, 6.07) is 10.4. The molecule has 0 amide bonds. The minimum Gasteiger partial charge on any atom is -0.392 e. The van der Waals surface area contributed by atoms with Crippen molar-refractivity contribution in [3.63, 3.8) is 0 Å². The molecule has 1 aliphatic rings. The lowest BCUT2D eigenvalue weighted by Crippen LogP contribution is -2.23. The average Bonchev–Trinajstić information content (AvgIpc) is 3.20. The predicted molar refractivity (Wildman–Crippen MR) is 102 cm³/mol. The molecule has 0 radical (unpaired) electrons. The SMILES string of the molecule is O=S(=O)(NCc1cccnc1)c1ccc(/C=C(/CO)C2CCCC2)cc1. The molecular weight excluding hydrogens is 348 g/mol. The van der Waals surface area contributed by atoms with Crippen molar-refractivity contribution in [2.45, 2.75) is 37.1 Å². The number of rotatable bonds is 7. The van der Waals surface area contributed by atoms with Crippen LogP contribution in [0.3, 0.4) is 0 Å². The molecule has 1 aliphatic carbocycles. The first-order chi connectivity index (χ1) is 12.6. The van der Waals surface area contributed by atoms with Crippen molar-refractivity contribution < 1.29 is 13.5 Å². The van der Waals surface area contributed by atoms with Crippen LogP contribution < -0.4 is 4.72 Å². The minimum absolute atomic E-state index is 0.0530. The Hall–Kier alpha value is -2.02. The fraction of sp³-hybridized carbons (Fsp3) is 0.350. The van der Waals surface area contributed by atoms with Gasteiger partial charge in [-0.3, -0.25) is 4.98 Å². The zero-order valence-electron chi connectivity index (χ0n) is 14.6. The van der Waals surface area contributed by atoms with Crippen molar-refractivity contribution in [3.05, 3.63) is 65.5 Å². The normalized spacial score (nSPS) is 16.1. The zero-order chi connectivity index (χ0) is 18.4. The van der Waals surface area contributed by atoms with Gasteiger partial charge >= 0.3 is 0 Å². The second kappa shape index (κ2) is 8.58. The van der Waals surface area contributed by atoms with Crippen LogP contribution in [0.1, 0.15) is 36.8 Å². The Morgan fingerprint density at radius 3 is 2.54 bits per heavy atom. The molecule has 0 spiro atoms. The number of pyridine rings is 1. The number of nitrogens with one attached hydrogen (secondary N) is 1. The fourth-order valence-corrected chi connectivity index (χ4v) is 4.33. The van der Waals surface area contributed by atoms with Crippen molar-refractivity contribution in [2.24, 2.45) is 5.92 Å². The van der Waals surface area contributed by atoms with Crippen LogP contribution in [0.4, 0.5) is 0 Å². The van der Waals surface area contributed by atoms with Gasteiger partial charge in [0, 0.05) is 18.9 Å². The van der Waals surface area contributed by atoms with Gasteiger partial charge in [0.05, 0.1) is 11.5 Å². The van der Waals surface area contributed by atoms with E-state index in [0.717, 1.165) is 29.5 Å². The zero-order valence-corrected chi connectivity index (χ0v) is 15.5. The molecule has 1 saturated carbocycles. The number of aliphatic hydroxyl groups excluding tert-OH is 1. The van der Waals surface area contributed by atoms with Gasteiger partial charge in [0.15, 0.2) is 0 Å². The first kappa shape index (κ1) is 18.8. The molecule has 6 heteroatoms. The topological polar surface area (TPSA) is 79.3 Å². The van der Waals surface area contributed by atoms with Crippen LogP contribution >= 0.6 is 0 Å². The molecule has 1 aromatic heterocycles. The second-order valence-electron chi connectivity index (χ2n) is 6.61. The summed E-state index contributed by atoms with van der Waals surface area (Å²) in [5.41, 5.74) is 2.75. The lowest BCUT2D eigenvalue weighted by molar-refractivity contribution is 0.315. The molecule has 138 valence electrons. The molecule has 1 heterocycles. The summed E-state index contributed by atoms with van der Waals surface area (Å²) >= 11 is 0. The Morgan fingerprint density at radius 1 is 1.19 bits per heavy atom. The van der Waals surface area contributed by atoms with E-state index in [9.17, 15) is 13.5 Å². The Balaban J connectivity index is 1.69. The van der Waals surface area contributed by atoms with Gasteiger partial charge in [-0.05, 0) is 53.7 Å². The van der Waals surface area contributed by atoms with Crippen LogP contribution in [-0.4, -0.2) is 25.1 Å². The maximum absolute atomic E-state index is 12.4. The molecule has 0 unspecified atom stereocenters. The van der Waals surface area contributed by atoms with Crippen LogP contribution in [-0.2, 0) is 16.6 Å². The largest absolute Gasteiger partial charge is 0.392 e. The minimum atomic E-state index is -3.57. The highest BCUT2D eigenvalue weighted by atomic mass is 32.2. The molecule has 1 fully saturated rings. The van der Waals surface area contributed by atoms with Crippen LogP contribution in [0.25, 0.3) is 6.08 Å². The maximum atomic E-state index is 12.4. The van der Waals surface area contributed by atoms with Crippen LogP contribution in [0.2, 0.25) is 0 Å². The summed E-state index contributed by atoms with van der Waals surface area (Å²) in [6.07, 6.45) is 9.93. The van der Waals surface area contributed by atoms with Crippen molar-refractivity contribution in [2.75, 3.05) is 6.61 Å². The van der Waals surface area contributed by atoms with Gasteiger partial charge in [0.25, 0.3) is 0 Å². The smallest absolute Gasteiger partial charge is 0.240 e. The summed E-state index contributed by atoms with van der Waals surface area (Å²) in [4.78, 5) is 4.20. The first-order valence-corrected chi connectivity index (χ1v) is 10.4. The summed E-state index contributed by atoms with van der Waals surface area (Å²) in [5, 5.41) is 9.63. The highest BCUT2D eigenvalue weighted by molar-refractivity contribution is 7.89. The summed E-state index contributed by atoms with van der Waals surface area (Å²) in [5.74, 6) is 0.449. The van der Waals surface area contributed by atoms with E-state index < -0.39 is 10.0 Å². The Labute approximate surface area is 154 Å². The van der Waals surface area contributed by atoms with E-state index in [1.54, 1.807) is 42.7 Å². The number of hydrogen-bond donors (Lipinski definition) is 2. The molecule has 2 aromatic rings. The molecule has 1 aromatic carbocycles. The van der Waals surface area contributed by atoms with Gasteiger partial charge in [-0.2, -0.15) is 0 Å². The maximum Gasteiger partial charge on any atom is 0.240 e. The fourth-order valence-electron chi connectivity index (χ4n) is 3.31. The number of aromatic nitrogens is 1. The lowest BCUT2D eigenvalue weighted by Gasteiger charge is -2.12.